The van der Waals surface area contributed by atoms with E-state index in [-0.39, 0.29) is 17.9 Å². The van der Waals surface area contributed by atoms with E-state index < -0.39 is 5.91 Å². The maximum Gasteiger partial charge on any atom is 0.294 e. The van der Waals surface area contributed by atoms with E-state index in [4.69, 9.17) is 9.94 Å². The fourth-order valence-corrected chi connectivity index (χ4v) is 4.21. The van der Waals surface area contributed by atoms with Gasteiger partial charge in [0.2, 0.25) is 0 Å². The van der Waals surface area contributed by atoms with Gasteiger partial charge in [0.05, 0.1) is 12.1 Å². The van der Waals surface area contributed by atoms with Gasteiger partial charge in [-0.3, -0.25) is 19.8 Å². The summed E-state index contributed by atoms with van der Waals surface area (Å²) in [5.41, 5.74) is 5.72. The molecule has 7 nitrogen and oxygen atoms in total. The van der Waals surface area contributed by atoms with Gasteiger partial charge in [-0.05, 0) is 35.4 Å². The van der Waals surface area contributed by atoms with E-state index in [0.29, 0.717) is 17.7 Å². The molecule has 0 aliphatic heterocycles. The molecular formula is C29H23N3O4. The first-order valence-corrected chi connectivity index (χ1v) is 11.4. The molecule has 0 aliphatic carbocycles. The predicted molar refractivity (Wildman–Crippen MR) is 137 cm³/mol. The number of nitrogens with zero attached hydrogens (tertiary/aromatic N) is 2. The van der Waals surface area contributed by atoms with Crippen molar-refractivity contribution in [1.29, 1.82) is 0 Å². The highest BCUT2D eigenvalue weighted by atomic mass is 16.5. The SMILES string of the molecule is O=C(NO)c1ccc(COc2c(-c3cccnc3)c3ccccc3n(Cc3ccccc3)c2=O)cc1. The summed E-state index contributed by atoms with van der Waals surface area (Å²) >= 11 is 0. The maximum absolute atomic E-state index is 13.9. The topological polar surface area (TPSA) is 93.4 Å². The average molecular weight is 478 g/mol. The number of rotatable bonds is 7. The molecule has 5 rings (SSSR count). The Labute approximate surface area is 207 Å². The highest BCUT2D eigenvalue weighted by molar-refractivity contribution is 5.97. The number of carbonyl (C=O) groups excluding carboxylic acids is 1. The first-order valence-electron chi connectivity index (χ1n) is 11.4. The van der Waals surface area contributed by atoms with Crippen LogP contribution in [0.4, 0.5) is 0 Å². The van der Waals surface area contributed by atoms with Gasteiger partial charge in [0, 0.05) is 34.5 Å². The molecule has 0 radical (unpaired) electrons. The van der Waals surface area contributed by atoms with Crippen LogP contribution in [0.15, 0.2) is 108 Å². The molecule has 0 atom stereocenters. The zero-order valence-corrected chi connectivity index (χ0v) is 19.3. The van der Waals surface area contributed by atoms with Gasteiger partial charge in [0.15, 0.2) is 5.75 Å². The van der Waals surface area contributed by atoms with Crippen molar-refractivity contribution in [3.63, 3.8) is 0 Å². The molecule has 5 aromatic rings. The van der Waals surface area contributed by atoms with Crippen molar-refractivity contribution in [3.05, 3.63) is 130 Å². The number of carbonyl (C=O) groups is 1. The van der Waals surface area contributed by atoms with Gasteiger partial charge in [-0.2, -0.15) is 0 Å². The summed E-state index contributed by atoms with van der Waals surface area (Å²) in [7, 11) is 0. The second-order valence-electron chi connectivity index (χ2n) is 8.27. The lowest BCUT2D eigenvalue weighted by molar-refractivity contribution is 0.0706. The molecule has 2 N–H and O–H groups in total. The van der Waals surface area contributed by atoms with Gasteiger partial charge in [0.1, 0.15) is 6.61 Å². The summed E-state index contributed by atoms with van der Waals surface area (Å²) in [5, 5.41) is 9.71. The molecule has 2 aromatic heterocycles. The average Bonchev–Trinajstić information content (AvgIpc) is 2.94. The van der Waals surface area contributed by atoms with Crippen molar-refractivity contribution < 1.29 is 14.7 Å². The van der Waals surface area contributed by atoms with E-state index in [2.05, 4.69) is 4.98 Å². The number of fused-ring (bicyclic) bond motifs is 1. The fourth-order valence-electron chi connectivity index (χ4n) is 4.21. The van der Waals surface area contributed by atoms with Crippen LogP contribution >= 0.6 is 0 Å². The normalized spacial score (nSPS) is 10.8. The molecule has 7 heteroatoms. The minimum absolute atomic E-state index is 0.118. The number of ether oxygens (including phenoxy) is 1. The third-order valence-electron chi connectivity index (χ3n) is 5.97. The molecule has 1 amide bonds. The number of pyridine rings is 2. The molecule has 0 aliphatic rings. The molecule has 0 unspecified atom stereocenters. The van der Waals surface area contributed by atoms with E-state index in [1.54, 1.807) is 46.7 Å². The summed E-state index contributed by atoms with van der Waals surface area (Å²) in [4.78, 5) is 29.8. The number of amides is 1. The molecule has 178 valence electrons. The summed E-state index contributed by atoms with van der Waals surface area (Å²) in [6.45, 7) is 0.516. The number of hydrogen-bond donors (Lipinski definition) is 2. The van der Waals surface area contributed by atoms with Crippen LogP contribution in [0.3, 0.4) is 0 Å². The van der Waals surface area contributed by atoms with E-state index in [0.717, 1.165) is 27.6 Å². The first-order chi connectivity index (χ1) is 17.7. The molecule has 36 heavy (non-hydrogen) atoms. The van der Waals surface area contributed by atoms with Gasteiger partial charge in [-0.1, -0.05) is 66.7 Å². The maximum atomic E-state index is 13.9. The minimum atomic E-state index is -0.598. The monoisotopic (exact) mass is 477 g/mol. The van der Waals surface area contributed by atoms with Gasteiger partial charge < -0.3 is 9.30 Å². The van der Waals surface area contributed by atoms with Crippen LogP contribution in [0.5, 0.6) is 5.75 Å². The number of aromatic nitrogens is 2. The Hall–Kier alpha value is -4.75. The van der Waals surface area contributed by atoms with Crippen LogP contribution in [-0.4, -0.2) is 20.7 Å². The lowest BCUT2D eigenvalue weighted by atomic mass is 10.0. The highest BCUT2D eigenvalue weighted by Crippen LogP contribution is 2.35. The summed E-state index contributed by atoms with van der Waals surface area (Å²) < 4.78 is 7.94. The second kappa shape index (κ2) is 10.2. The van der Waals surface area contributed by atoms with Crippen molar-refractivity contribution in [1.82, 2.24) is 15.0 Å². The Morgan fingerprint density at radius 1 is 0.889 bits per heavy atom. The van der Waals surface area contributed by atoms with Gasteiger partial charge in [-0.25, -0.2) is 5.48 Å². The molecule has 0 saturated carbocycles. The zero-order chi connectivity index (χ0) is 24.9. The van der Waals surface area contributed by atoms with E-state index in [1.165, 1.54) is 0 Å². The van der Waals surface area contributed by atoms with Crippen LogP contribution in [0.1, 0.15) is 21.5 Å². The number of hydrogen-bond acceptors (Lipinski definition) is 5. The van der Waals surface area contributed by atoms with Gasteiger partial charge in [-0.15, -0.1) is 0 Å². The predicted octanol–water partition coefficient (Wildman–Crippen LogP) is 4.81. The zero-order valence-electron chi connectivity index (χ0n) is 19.3. The van der Waals surface area contributed by atoms with Crippen molar-refractivity contribution in [2.75, 3.05) is 0 Å². The second-order valence-corrected chi connectivity index (χ2v) is 8.27. The number of benzene rings is 3. The first kappa shape index (κ1) is 23.0. The Balaban J connectivity index is 1.63. The quantitative estimate of drug-likeness (QED) is 0.259. The number of nitrogens with one attached hydrogen (secondary N) is 1. The number of hydroxylamine groups is 1. The standard InChI is InChI=1S/C29H23N3O4/c33-28(31-35)22-14-12-21(13-15-22)19-36-27-26(23-9-6-16-30-17-23)24-10-4-5-11-25(24)32(29(27)34)18-20-7-2-1-3-8-20/h1-17,35H,18-19H2,(H,31,33). The van der Waals surface area contributed by atoms with Crippen molar-refractivity contribution >= 4 is 16.8 Å². The Morgan fingerprint density at radius 3 is 2.36 bits per heavy atom. The fraction of sp³-hybridized carbons (Fsp3) is 0.0690. The molecule has 0 bridgehead atoms. The molecule has 0 fully saturated rings. The Morgan fingerprint density at radius 2 is 1.64 bits per heavy atom. The molecule has 2 heterocycles. The van der Waals surface area contributed by atoms with Crippen LogP contribution < -0.4 is 15.8 Å². The highest BCUT2D eigenvalue weighted by Gasteiger charge is 2.20. The third kappa shape index (κ3) is 4.60. The molecule has 0 spiro atoms. The van der Waals surface area contributed by atoms with Crippen molar-refractivity contribution in [2.24, 2.45) is 0 Å². The largest absolute Gasteiger partial charge is 0.483 e. The third-order valence-corrected chi connectivity index (χ3v) is 5.97. The number of para-hydroxylation sites is 1. The van der Waals surface area contributed by atoms with Crippen molar-refractivity contribution in [2.45, 2.75) is 13.2 Å². The molecule has 3 aromatic carbocycles. The van der Waals surface area contributed by atoms with E-state index in [9.17, 15) is 9.59 Å². The lowest BCUT2D eigenvalue weighted by Crippen LogP contribution is -2.24. The van der Waals surface area contributed by atoms with Gasteiger partial charge in [0.25, 0.3) is 11.5 Å². The van der Waals surface area contributed by atoms with Crippen LogP contribution in [0, 0.1) is 0 Å². The lowest BCUT2D eigenvalue weighted by Gasteiger charge is -2.19. The Kier molecular flexibility index (Phi) is 6.55. The smallest absolute Gasteiger partial charge is 0.294 e. The van der Waals surface area contributed by atoms with Crippen molar-refractivity contribution in [3.8, 4) is 16.9 Å². The minimum Gasteiger partial charge on any atom is -0.483 e. The van der Waals surface area contributed by atoms with Gasteiger partial charge >= 0.3 is 0 Å². The van der Waals surface area contributed by atoms with Crippen LogP contribution in [-0.2, 0) is 13.2 Å². The summed E-state index contributed by atoms with van der Waals surface area (Å²) in [5.74, 6) is -0.366. The van der Waals surface area contributed by atoms with Crippen LogP contribution in [0.25, 0.3) is 22.0 Å². The summed E-state index contributed by atoms with van der Waals surface area (Å²) in [6, 6.07) is 27.9. The Bertz CT molecular complexity index is 1560. The van der Waals surface area contributed by atoms with Crippen LogP contribution in [0.2, 0.25) is 0 Å². The summed E-state index contributed by atoms with van der Waals surface area (Å²) in [6.07, 6.45) is 3.41. The molecule has 0 saturated heterocycles. The molecular weight excluding hydrogens is 454 g/mol. The van der Waals surface area contributed by atoms with E-state index in [1.807, 2.05) is 66.7 Å². The van der Waals surface area contributed by atoms with E-state index >= 15 is 0 Å².